The van der Waals surface area contributed by atoms with Crippen LogP contribution in [0.3, 0.4) is 0 Å². The maximum atomic E-state index is 3.77. The van der Waals surface area contributed by atoms with Crippen LogP contribution in [-0.2, 0) is 5.54 Å². The number of hydrogen-bond donors (Lipinski definition) is 1. The van der Waals surface area contributed by atoms with Crippen LogP contribution in [0, 0.1) is 5.41 Å². The quantitative estimate of drug-likeness (QED) is 0.896. The van der Waals surface area contributed by atoms with E-state index in [1.54, 1.807) is 0 Å². The fourth-order valence-electron chi connectivity index (χ4n) is 3.29. The second kappa shape index (κ2) is 4.92. The predicted molar refractivity (Wildman–Crippen MR) is 80.2 cm³/mol. The summed E-state index contributed by atoms with van der Waals surface area (Å²) in [6.45, 7) is 9.56. The molecule has 19 heavy (non-hydrogen) atoms. The van der Waals surface area contributed by atoms with E-state index < -0.39 is 0 Å². The fourth-order valence-corrected chi connectivity index (χ4v) is 3.29. The molecule has 1 aromatic rings. The summed E-state index contributed by atoms with van der Waals surface area (Å²) in [5.74, 6) is 0. The van der Waals surface area contributed by atoms with Crippen LogP contribution < -0.4 is 5.32 Å². The lowest BCUT2D eigenvalue weighted by atomic mass is 9.91. The van der Waals surface area contributed by atoms with Crippen molar-refractivity contribution in [1.29, 1.82) is 0 Å². The Labute approximate surface area is 117 Å². The highest BCUT2D eigenvalue weighted by molar-refractivity contribution is 5.24. The molecule has 2 nitrogen and oxygen atoms in total. The average Bonchev–Trinajstić information content (AvgIpc) is 3.15. The van der Waals surface area contributed by atoms with E-state index in [2.05, 4.69) is 54.4 Å². The highest BCUT2D eigenvalue weighted by Gasteiger charge is 2.40. The normalized spacial score (nSPS) is 30.8. The van der Waals surface area contributed by atoms with E-state index in [1.807, 2.05) is 0 Å². The van der Waals surface area contributed by atoms with Crippen molar-refractivity contribution in [2.24, 2.45) is 5.41 Å². The van der Waals surface area contributed by atoms with Gasteiger partial charge in [0.15, 0.2) is 0 Å². The lowest BCUT2D eigenvalue weighted by Crippen LogP contribution is -2.47. The van der Waals surface area contributed by atoms with Gasteiger partial charge in [-0.15, -0.1) is 0 Å². The van der Waals surface area contributed by atoms with Gasteiger partial charge in [-0.25, -0.2) is 0 Å². The van der Waals surface area contributed by atoms with E-state index >= 15 is 0 Å². The van der Waals surface area contributed by atoms with Gasteiger partial charge in [0.2, 0.25) is 0 Å². The number of nitrogens with one attached hydrogen (secondary N) is 1. The lowest BCUT2D eigenvalue weighted by molar-refractivity contribution is 0.189. The number of nitrogens with zero attached hydrogens (tertiary/aromatic N) is 1. The van der Waals surface area contributed by atoms with Gasteiger partial charge in [0.25, 0.3) is 0 Å². The molecule has 0 spiro atoms. The minimum absolute atomic E-state index is 0.100. The largest absolute Gasteiger partial charge is 0.307 e. The molecule has 1 unspecified atom stereocenters. The Morgan fingerprint density at radius 1 is 1.16 bits per heavy atom. The van der Waals surface area contributed by atoms with Crippen molar-refractivity contribution in [2.75, 3.05) is 26.2 Å². The van der Waals surface area contributed by atoms with Gasteiger partial charge >= 0.3 is 0 Å². The summed E-state index contributed by atoms with van der Waals surface area (Å²) in [5, 5.41) is 3.77. The van der Waals surface area contributed by atoms with Crippen LogP contribution >= 0.6 is 0 Å². The molecule has 104 valence electrons. The van der Waals surface area contributed by atoms with E-state index in [0.717, 1.165) is 13.1 Å². The Hall–Kier alpha value is -0.860. The Morgan fingerprint density at radius 2 is 1.89 bits per heavy atom. The Balaban J connectivity index is 1.76. The Morgan fingerprint density at radius 3 is 2.58 bits per heavy atom. The molecule has 0 radical (unpaired) electrons. The van der Waals surface area contributed by atoms with Gasteiger partial charge in [-0.3, -0.25) is 0 Å². The van der Waals surface area contributed by atoms with E-state index in [0.29, 0.717) is 5.41 Å². The van der Waals surface area contributed by atoms with Crippen LogP contribution in [-0.4, -0.2) is 31.1 Å². The molecule has 2 aliphatic rings. The molecule has 0 amide bonds. The number of rotatable bonds is 3. The zero-order chi connectivity index (χ0) is 13.3. The summed E-state index contributed by atoms with van der Waals surface area (Å²) in [6.07, 6.45) is 4.09. The van der Waals surface area contributed by atoms with Crippen molar-refractivity contribution in [3.05, 3.63) is 35.9 Å². The van der Waals surface area contributed by atoms with Crippen molar-refractivity contribution in [1.82, 2.24) is 10.2 Å². The first kappa shape index (κ1) is 13.1. The molecule has 1 saturated carbocycles. The van der Waals surface area contributed by atoms with Crippen LogP contribution in [0.5, 0.6) is 0 Å². The maximum absolute atomic E-state index is 3.77. The third kappa shape index (κ3) is 3.01. The molecular weight excluding hydrogens is 232 g/mol. The van der Waals surface area contributed by atoms with Crippen LogP contribution in [0.25, 0.3) is 0 Å². The second-order valence-corrected chi connectivity index (χ2v) is 7.00. The molecule has 2 heteroatoms. The molecule has 0 bridgehead atoms. The molecule has 1 aliphatic heterocycles. The first-order chi connectivity index (χ1) is 9.10. The maximum Gasteiger partial charge on any atom is 0.0534 e. The van der Waals surface area contributed by atoms with Crippen molar-refractivity contribution < 1.29 is 0 Å². The van der Waals surface area contributed by atoms with Gasteiger partial charge in [-0.2, -0.15) is 0 Å². The molecule has 2 fully saturated rings. The summed E-state index contributed by atoms with van der Waals surface area (Å²) in [4.78, 5) is 2.68. The SMILES string of the molecule is CC1(CN2CCCNC(C)(c3ccccc3)C2)CC1. The van der Waals surface area contributed by atoms with E-state index in [1.165, 1.54) is 37.9 Å². The minimum Gasteiger partial charge on any atom is -0.307 e. The lowest BCUT2D eigenvalue weighted by Gasteiger charge is -2.35. The van der Waals surface area contributed by atoms with Crippen molar-refractivity contribution in [2.45, 2.75) is 38.6 Å². The van der Waals surface area contributed by atoms with E-state index in [4.69, 9.17) is 0 Å². The van der Waals surface area contributed by atoms with Gasteiger partial charge in [-0.1, -0.05) is 37.3 Å². The van der Waals surface area contributed by atoms with Gasteiger partial charge in [-0.05, 0) is 50.3 Å². The summed E-state index contributed by atoms with van der Waals surface area (Å²) < 4.78 is 0. The van der Waals surface area contributed by atoms with Crippen molar-refractivity contribution in [3.8, 4) is 0 Å². The van der Waals surface area contributed by atoms with Crippen LogP contribution in [0.4, 0.5) is 0 Å². The third-order valence-electron chi connectivity index (χ3n) is 4.83. The molecule has 1 aromatic carbocycles. The molecule has 1 atom stereocenters. The Bertz CT molecular complexity index is 424. The van der Waals surface area contributed by atoms with Crippen LogP contribution in [0.15, 0.2) is 30.3 Å². The minimum atomic E-state index is 0.100. The zero-order valence-corrected chi connectivity index (χ0v) is 12.3. The molecule has 1 N–H and O–H groups in total. The van der Waals surface area contributed by atoms with Gasteiger partial charge < -0.3 is 10.2 Å². The van der Waals surface area contributed by atoms with Crippen molar-refractivity contribution >= 4 is 0 Å². The monoisotopic (exact) mass is 258 g/mol. The molecule has 1 aliphatic carbocycles. The highest BCUT2D eigenvalue weighted by atomic mass is 15.2. The van der Waals surface area contributed by atoms with Gasteiger partial charge in [0.1, 0.15) is 0 Å². The topological polar surface area (TPSA) is 15.3 Å². The second-order valence-electron chi connectivity index (χ2n) is 7.00. The molecule has 1 heterocycles. The fraction of sp³-hybridized carbons (Fsp3) is 0.647. The standard InChI is InChI=1S/C17H26N2/c1-16(9-10-16)13-19-12-6-11-18-17(2,14-19)15-7-4-3-5-8-15/h3-5,7-8,18H,6,9-14H2,1-2H3. The van der Waals surface area contributed by atoms with Gasteiger partial charge in [0, 0.05) is 13.1 Å². The Kier molecular flexibility index (Phi) is 3.40. The van der Waals surface area contributed by atoms with Gasteiger partial charge in [0.05, 0.1) is 5.54 Å². The smallest absolute Gasteiger partial charge is 0.0534 e. The summed E-state index contributed by atoms with van der Waals surface area (Å²) >= 11 is 0. The van der Waals surface area contributed by atoms with Crippen LogP contribution in [0.2, 0.25) is 0 Å². The number of benzene rings is 1. The predicted octanol–water partition coefficient (Wildman–Crippen LogP) is 3.00. The summed E-state index contributed by atoms with van der Waals surface area (Å²) in [6, 6.07) is 10.9. The number of hydrogen-bond acceptors (Lipinski definition) is 2. The summed E-state index contributed by atoms with van der Waals surface area (Å²) in [5.41, 5.74) is 2.13. The van der Waals surface area contributed by atoms with E-state index in [9.17, 15) is 0 Å². The first-order valence-electron chi connectivity index (χ1n) is 7.63. The first-order valence-corrected chi connectivity index (χ1v) is 7.63. The highest BCUT2D eigenvalue weighted by Crippen LogP contribution is 2.45. The average molecular weight is 258 g/mol. The van der Waals surface area contributed by atoms with E-state index in [-0.39, 0.29) is 5.54 Å². The zero-order valence-electron chi connectivity index (χ0n) is 12.3. The third-order valence-corrected chi connectivity index (χ3v) is 4.83. The molecule has 3 rings (SSSR count). The molecular formula is C17H26N2. The molecule has 1 saturated heterocycles. The van der Waals surface area contributed by atoms with Crippen LogP contribution in [0.1, 0.15) is 38.7 Å². The molecule has 0 aromatic heterocycles. The van der Waals surface area contributed by atoms with Crippen molar-refractivity contribution in [3.63, 3.8) is 0 Å². The summed E-state index contributed by atoms with van der Waals surface area (Å²) in [7, 11) is 0.